The largest absolute Gasteiger partial charge is 0.508 e. The summed E-state index contributed by atoms with van der Waals surface area (Å²) in [5.74, 6) is -0.338. The van der Waals surface area contributed by atoms with Crippen LogP contribution in [0, 0.1) is 11.3 Å². The molecular formula is C15H17N3O3. The fraction of sp³-hybridized carbons (Fsp3) is 0.333. The molecule has 0 spiro atoms. The maximum absolute atomic E-state index is 11.9. The molecule has 1 aromatic rings. The van der Waals surface area contributed by atoms with Gasteiger partial charge < -0.3 is 20.5 Å². The van der Waals surface area contributed by atoms with Crippen molar-refractivity contribution in [1.82, 2.24) is 5.32 Å². The second-order valence-electron chi connectivity index (χ2n) is 4.71. The highest BCUT2D eigenvalue weighted by Gasteiger charge is 2.17. The molecule has 0 aliphatic carbocycles. The maximum atomic E-state index is 11.9. The molecule has 1 amide bonds. The Morgan fingerprint density at radius 3 is 3.10 bits per heavy atom. The molecule has 1 heterocycles. The minimum Gasteiger partial charge on any atom is -0.508 e. The Balaban J connectivity index is 1.90. The Labute approximate surface area is 123 Å². The molecule has 1 saturated heterocycles. The van der Waals surface area contributed by atoms with Gasteiger partial charge >= 0.3 is 0 Å². The van der Waals surface area contributed by atoms with Gasteiger partial charge in [0.2, 0.25) is 0 Å². The molecule has 1 aromatic carbocycles. The van der Waals surface area contributed by atoms with E-state index >= 15 is 0 Å². The van der Waals surface area contributed by atoms with Gasteiger partial charge in [-0.2, -0.15) is 5.26 Å². The van der Waals surface area contributed by atoms with Crippen LogP contribution in [0.25, 0.3) is 0 Å². The van der Waals surface area contributed by atoms with Crippen LogP contribution in [0.1, 0.15) is 12.8 Å². The first-order valence-electron chi connectivity index (χ1n) is 6.74. The molecule has 0 aromatic heterocycles. The SMILES string of the molecule is N#C/C(=C/Nc1cccc(O)c1)C(=O)NCC1CCCO1. The molecule has 1 fully saturated rings. The van der Waals surface area contributed by atoms with E-state index in [1.807, 2.05) is 6.07 Å². The number of ether oxygens (including phenoxy) is 1. The van der Waals surface area contributed by atoms with Gasteiger partial charge in [-0.3, -0.25) is 4.79 Å². The van der Waals surface area contributed by atoms with E-state index in [1.165, 1.54) is 18.3 Å². The van der Waals surface area contributed by atoms with Crippen LogP contribution in [-0.2, 0) is 9.53 Å². The van der Waals surface area contributed by atoms with E-state index in [4.69, 9.17) is 10.00 Å². The molecule has 3 N–H and O–H groups in total. The van der Waals surface area contributed by atoms with Gasteiger partial charge in [0.15, 0.2) is 0 Å². The van der Waals surface area contributed by atoms with Crippen LogP contribution in [0.2, 0.25) is 0 Å². The molecule has 6 heteroatoms. The second kappa shape index (κ2) is 7.31. The van der Waals surface area contributed by atoms with Gasteiger partial charge in [0.25, 0.3) is 5.91 Å². The average molecular weight is 287 g/mol. The van der Waals surface area contributed by atoms with Crippen LogP contribution in [-0.4, -0.2) is 30.3 Å². The number of carbonyl (C=O) groups is 1. The Morgan fingerprint density at radius 2 is 2.43 bits per heavy atom. The third-order valence-corrected chi connectivity index (χ3v) is 3.11. The molecule has 0 bridgehead atoms. The summed E-state index contributed by atoms with van der Waals surface area (Å²) >= 11 is 0. The Bertz CT molecular complexity index is 572. The third-order valence-electron chi connectivity index (χ3n) is 3.11. The van der Waals surface area contributed by atoms with Crippen molar-refractivity contribution >= 4 is 11.6 Å². The topological polar surface area (TPSA) is 94.4 Å². The fourth-order valence-corrected chi connectivity index (χ4v) is 2.01. The first-order chi connectivity index (χ1) is 10.2. The van der Waals surface area contributed by atoms with E-state index < -0.39 is 5.91 Å². The summed E-state index contributed by atoms with van der Waals surface area (Å²) in [6.45, 7) is 1.13. The zero-order chi connectivity index (χ0) is 15.1. The molecular weight excluding hydrogens is 270 g/mol. The Morgan fingerprint density at radius 1 is 1.57 bits per heavy atom. The van der Waals surface area contributed by atoms with Gasteiger partial charge in [0.1, 0.15) is 17.4 Å². The summed E-state index contributed by atoms with van der Waals surface area (Å²) in [5.41, 5.74) is 0.561. The smallest absolute Gasteiger partial charge is 0.263 e. The summed E-state index contributed by atoms with van der Waals surface area (Å²) in [7, 11) is 0. The van der Waals surface area contributed by atoms with Crippen molar-refractivity contribution in [3.8, 4) is 11.8 Å². The van der Waals surface area contributed by atoms with Crippen molar-refractivity contribution in [1.29, 1.82) is 5.26 Å². The standard InChI is InChI=1S/C15H17N3O3/c16-8-11(9-17-12-3-1-4-13(19)7-12)15(20)18-10-14-5-2-6-21-14/h1,3-4,7,9,14,17,19H,2,5-6,10H2,(H,18,20)/b11-9-. The van der Waals surface area contributed by atoms with E-state index in [2.05, 4.69) is 10.6 Å². The molecule has 0 radical (unpaired) electrons. The summed E-state index contributed by atoms with van der Waals surface area (Å²) in [6.07, 6.45) is 3.28. The molecule has 0 saturated carbocycles. The number of nitrogens with zero attached hydrogens (tertiary/aromatic N) is 1. The Hall–Kier alpha value is -2.52. The zero-order valence-corrected chi connectivity index (χ0v) is 11.5. The van der Waals surface area contributed by atoms with Crippen molar-refractivity contribution in [3.63, 3.8) is 0 Å². The minimum atomic E-state index is -0.444. The summed E-state index contributed by atoms with van der Waals surface area (Å²) in [5, 5.41) is 23.8. The highest BCUT2D eigenvalue weighted by Crippen LogP contribution is 2.15. The first kappa shape index (κ1) is 14.9. The molecule has 21 heavy (non-hydrogen) atoms. The number of phenols is 1. The molecule has 1 aliphatic heterocycles. The number of nitrogens with one attached hydrogen (secondary N) is 2. The number of benzene rings is 1. The summed E-state index contributed by atoms with van der Waals surface area (Å²) in [6, 6.07) is 8.26. The quantitative estimate of drug-likeness (QED) is 0.563. The zero-order valence-electron chi connectivity index (χ0n) is 11.5. The van der Waals surface area contributed by atoms with Crippen LogP contribution in [0.3, 0.4) is 0 Å². The van der Waals surface area contributed by atoms with Crippen LogP contribution >= 0.6 is 0 Å². The summed E-state index contributed by atoms with van der Waals surface area (Å²) in [4.78, 5) is 11.9. The number of amides is 1. The molecule has 6 nitrogen and oxygen atoms in total. The number of carbonyl (C=O) groups excluding carboxylic acids is 1. The number of anilines is 1. The van der Waals surface area contributed by atoms with E-state index in [9.17, 15) is 9.90 Å². The van der Waals surface area contributed by atoms with Crippen molar-refractivity contribution in [2.45, 2.75) is 18.9 Å². The first-order valence-corrected chi connectivity index (χ1v) is 6.74. The molecule has 110 valence electrons. The highest BCUT2D eigenvalue weighted by atomic mass is 16.5. The normalized spacial score (nSPS) is 18.0. The molecule has 1 atom stereocenters. The van der Waals surface area contributed by atoms with Crippen LogP contribution < -0.4 is 10.6 Å². The summed E-state index contributed by atoms with van der Waals surface area (Å²) < 4.78 is 5.40. The van der Waals surface area contributed by atoms with Crippen LogP contribution in [0.5, 0.6) is 5.75 Å². The third kappa shape index (κ3) is 4.51. The van der Waals surface area contributed by atoms with Crippen molar-refractivity contribution < 1.29 is 14.6 Å². The number of aromatic hydroxyl groups is 1. The van der Waals surface area contributed by atoms with E-state index in [0.29, 0.717) is 12.2 Å². The van der Waals surface area contributed by atoms with Gasteiger partial charge in [0.05, 0.1) is 6.10 Å². The van der Waals surface area contributed by atoms with Gasteiger partial charge in [-0.1, -0.05) is 6.07 Å². The predicted octanol–water partition coefficient (Wildman–Crippen LogP) is 1.51. The van der Waals surface area contributed by atoms with Crippen molar-refractivity contribution in [2.75, 3.05) is 18.5 Å². The number of phenolic OH excluding ortho intramolecular Hbond substituents is 1. The lowest BCUT2D eigenvalue weighted by Gasteiger charge is -2.10. The van der Waals surface area contributed by atoms with E-state index in [1.54, 1.807) is 12.1 Å². The van der Waals surface area contributed by atoms with Crippen molar-refractivity contribution in [3.05, 3.63) is 36.0 Å². The fourth-order valence-electron chi connectivity index (χ4n) is 2.01. The lowest BCUT2D eigenvalue weighted by Crippen LogP contribution is -2.32. The minimum absolute atomic E-state index is 0.0312. The van der Waals surface area contributed by atoms with Gasteiger partial charge in [-0.15, -0.1) is 0 Å². The lowest BCUT2D eigenvalue weighted by molar-refractivity contribution is -0.117. The van der Waals surface area contributed by atoms with Gasteiger partial charge in [0, 0.05) is 31.1 Å². The van der Waals surface area contributed by atoms with Gasteiger partial charge in [-0.05, 0) is 25.0 Å². The van der Waals surface area contributed by atoms with Crippen LogP contribution in [0.4, 0.5) is 5.69 Å². The number of nitriles is 1. The molecule has 1 aliphatic rings. The van der Waals surface area contributed by atoms with Crippen LogP contribution in [0.15, 0.2) is 36.0 Å². The lowest BCUT2D eigenvalue weighted by atomic mass is 10.2. The van der Waals surface area contributed by atoms with E-state index in [0.717, 1.165) is 19.4 Å². The molecule has 2 rings (SSSR count). The molecule has 1 unspecified atom stereocenters. The number of hydrogen-bond donors (Lipinski definition) is 3. The van der Waals surface area contributed by atoms with E-state index in [-0.39, 0.29) is 17.4 Å². The highest BCUT2D eigenvalue weighted by molar-refractivity contribution is 5.97. The predicted molar refractivity (Wildman–Crippen MR) is 77.4 cm³/mol. The second-order valence-corrected chi connectivity index (χ2v) is 4.71. The Kier molecular flexibility index (Phi) is 5.18. The average Bonchev–Trinajstić information content (AvgIpc) is 2.99. The maximum Gasteiger partial charge on any atom is 0.263 e. The number of rotatable bonds is 5. The number of hydrogen-bond acceptors (Lipinski definition) is 5. The monoisotopic (exact) mass is 287 g/mol. The van der Waals surface area contributed by atoms with Crippen molar-refractivity contribution in [2.24, 2.45) is 0 Å². The van der Waals surface area contributed by atoms with Gasteiger partial charge in [-0.25, -0.2) is 0 Å².